The first kappa shape index (κ1) is 12.5. The molecule has 1 rings (SSSR count). The molecule has 0 aliphatic rings. The molecule has 0 aliphatic heterocycles. The Morgan fingerprint density at radius 2 is 1.79 bits per heavy atom. The number of rotatable bonds is 4. The van der Waals surface area contributed by atoms with E-state index in [1.165, 1.54) is 11.8 Å². The predicted molar refractivity (Wildman–Crippen MR) is 57.6 cm³/mol. The third-order valence-electron chi connectivity index (χ3n) is 1.31. The fourth-order valence-electron chi connectivity index (χ4n) is 0.713. The molecule has 3 nitrogen and oxygen atoms in total. The van der Waals surface area contributed by atoms with E-state index in [4.69, 9.17) is 4.84 Å². The normalized spacial score (nSPS) is 8.21. The van der Waals surface area contributed by atoms with Gasteiger partial charge in [-0.05, 0) is 19.1 Å². The second kappa shape index (κ2) is 8.13. The number of aryl methyl sites for hydroxylation is 1. The quantitative estimate of drug-likeness (QED) is 0.455. The molecule has 0 bridgehead atoms. The molecule has 0 heterocycles. The van der Waals surface area contributed by atoms with Crippen molar-refractivity contribution in [2.75, 3.05) is 0 Å². The minimum absolute atomic E-state index is 0.697. The largest absolute Gasteiger partial charge is 0.382 e. The van der Waals surface area contributed by atoms with Crippen molar-refractivity contribution in [2.45, 2.75) is 20.8 Å². The van der Waals surface area contributed by atoms with Crippen molar-refractivity contribution in [3.05, 3.63) is 42.7 Å². The zero-order chi connectivity index (χ0) is 10.8. The van der Waals surface area contributed by atoms with Crippen LogP contribution in [0.4, 0.5) is 0 Å². The van der Waals surface area contributed by atoms with Gasteiger partial charge in [0, 0.05) is 5.64 Å². The van der Waals surface area contributed by atoms with Crippen molar-refractivity contribution in [3.63, 3.8) is 0 Å². The summed E-state index contributed by atoms with van der Waals surface area (Å²) in [5.41, 5.74) is 3.44. The van der Waals surface area contributed by atoms with Crippen LogP contribution in [-0.2, 0) is 4.84 Å². The molecule has 78 valence electrons. The number of hydrogen-bond donors (Lipinski definition) is 1. The Labute approximate surface area is 85.3 Å². The average Bonchev–Trinajstić information content (AvgIpc) is 2.24. The van der Waals surface area contributed by atoms with E-state index in [1.807, 2.05) is 45.0 Å². The molecular formula is C11H17NO2. The molecule has 0 aliphatic carbocycles. The second-order valence-corrected chi connectivity index (χ2v) is 2.28. The lowest BCUT2D eigenvalue weighted by Gasteiger charge is -2.04. The van der Waals surface area contributed by atoms with Gasteiger partial charge in [0.05, 0.1) is 0 Å². The van der Waals surface area contributed by atoms with E-state index < -0.39 is 0 Å². The zero-order valence-electron chi connectivity index (χ0n) is 8.91. The van der Waals surface area contributed by atoms with Crippen molar-refractivity contribution < 1.29 is 9.68 Å². The van der Waals surface area contributed by atoms with Gasteiger partial charge in [-0.1, -0.05) is 38.1 Å². The van der Waals surface area contributed by atoms with Crippen molar-refractivity contribution >= 4 is 0 Å². The highest BCUT2D eigenvalue weighted by Gasteiger charge is 1.90. The summed E-state index contributed by atoms with van der Waals surface area (Å²) in [6.45, 7) is 9.35. The maximum absolute atomic E-state index is 4.96. The molecular weight excluding hydrogens is 178 g/mol. The second-order valence-electron chi connectivity index (χ2n) is 2.28. The Bertz CT molecular complexity index is 244. The summed E-state index contributed by atoms with van der Waals surface area (Å²) in [4.78, 5) is 9.52. The predicted octanol–water partition coefficient (Wildman–Crippen LogP) is 2.98. The Hall–Kier alpha value is -1.48. The van der Waals surface area contributed by atoms with Crippen molar-refractivity contribution in [2.24, 2.45) is 0 Å². The third-order valence-corrected chi connectivity index (χ3v) is 1.31. The fraction of sp³-hybridized carbons (Fsp3) is 0.273. The van der Waals surface area contributed by atoms with Crippen molar-refractivity contribution in [3.8, 4) is 5.75 Å². The standard InChI is InChI=1S/C9H11NO2.C2H6/c1-3-11-10-12-9-6-4-8(2)5-7-9;1-2/h3-7,10H,1H2,2H3;1-2H3. The lowest BCUT2D eigenvalue weighted by molar-refractivity contribution is -0.0550. The Balaban J connectivity index is 0.000000791. The molecule has 0 aromatic heterocycles. The highest BCUT2D eigenvalue weighted by Crippen LogP contribution is 2.09. The summed E-state index contributed by atoms with van der Waals surface area (Å²) < 4.78 is 0. The van der Waals surface area contributed by atoms with Gasteiger partial charge in [-0.3, -0.25) is 0 Å². The van der Waals surface area contributed by atoms with Crippen molar-refractivity contribution in [1.29, 1.82) is 0 Å². The van der Waals surface area contributed by atoms with Gasteiger partial charge in [0.2, 0.25) is 0 Å². The summed E-state index contributed by atoms with van der Waals surface area (Å²) in [6, 6.07) is 7.58. The van der Waals surface area contributed by atoms with Crippen LogP contribution in [0.2, 0.25) is 0 Å². The van der Waals surface area contributed by atoms with Crippen LogP contribution in [0.25, 0.3) is 0 Å². The van der Waals surface area contributed by atoms with Crippen LogP contribution in [0.1, 0.15) is 19.4 Å². The number of nitrogens with one attached hydrogen (secondary N) is 1. The van der Waals surface area contributed by atoms with Gasteiger partial charge in [-0.25, -0.2) is 0 Å². The molecule has 1 N–H and O–H groups in total. The van der Waals surface area contributed by atoms with Gasteiger partial charge >= 0.3 is 0 Å². The lowest BCUT2D eigenvalue weighted by atomic mass is 10.2. The molecule has 0 amide bonds. The highest BCUT2D eigenvalue weighted by molar-refractivity contribution is 5.25. The first-order chi connectivity index (χ1) is 6.83. The van der Waals surface area contributed by atoms with Gasteiger partial charge in [-0.15, -0.1) is 0 Å². The van der Waals surface area contributed by atoms with Gasteiger partial charge < -0.3 is 9.68 Å². The maximum Gasteiger partial charge on any atom is 0.151 e. The monoisotopic (exact) mass is 195 g/mol. The van der Waals surface area contributed by atoms with E-state index in [0.717, 1.165) is 0 Å². The summed E-state index contributed by atoms with van der Waals surface area (Å²) >= 11 is 0. The topological polar surface area (TPSA) is 30.5 Å². The van der Waals surface area contributed by atoms with Gasteiger partial charge in [0.1, 0.15) is 6.26 Å². The lowest BCUT2D eigenvalue weighted by Crippen LogP contribution is -2.15. The fourth-order valence-corrected chi connectivity index (χ4v) is 0.713. The van der Waals surface area contributed by atoms with E-state index in [1.54, 1.807) is 0 Å². The Morgan fingerprint density at radius 1 is 1.21 bits per heavy atom. The minimum atomic E-state index is 0.697. The summed E-state index contributed by atoms with van der Waals surface area (Å²) in [5, 5.41) is 0. The van der Waals surface area contributed by atoms with E-state index in [-0.39, 0.29) is 0 Å². The Morgan fingerprint density at radius 3 is 2.29 bits per heavy atom. The molecule has 1 aromatic carbocycles. The molecule has 3 heteroatoms. The zero-order valence-corrected chi connectivity index (χ0v) is 8.91. The van der Waals surface area contributed by atoms with Gasteiger partial charge in [0.25, 0.3) is 0 Å². The molecule has 1 aromatic rings. The first-order valence-electron chi connectivity index (χ1n) is 4.58. The summed E-state index contributed by atoms with van der Waals surface area (Å²) in [5.74, 6) is 0.697. The van der Waals surface area contributed by atoms with E-state index in [9.17, 15) is 0 Å². The van der Waals surface area contributed by atoms with E-state index in [0.29, 0.717) is 5.75 Å². The molecule has 0 radical (unpaired) electrons. The molecule has 0 fully saturated rings. The smallest absolute Gasteiger partial charge is 0.151 e. The van der Waals surface area contributed by atoms with E-state index >= 15 is 0 Å². The summed E-state index contributed by atoms with van der Waals surface area (Å²) in [7, 11) is 0. The molecule has 0 spiro atoms. The summed E-state index contributed by atoms with van der Waals surface area (Å²) in [6.07, 6.45) is 1.24. The average molecular weight is 195 g/mol. The minimum Gasteiger partial charge on any atom is -0.382 e. The van der Waals surface area contributed by atoms with Crippen LogP contribution < -0.4 is 10.5 Å². The van der Waals surface area contributed by atoms with Crippen LogP contribution in [0.3, 0.4) is 0 Å². The van der Waals surface area contributed by atoms with Gasteiger partial charge in [0.15, 0.2) is 5.75 Å². The third kappa shape index (κ3) is 5.22. The van der Waals surface area contributed by atoms with Crippen LogP contribution in [-0.4, -0.2) is 0 Å². The number of benzene rings is 1. The van der Waals surface area contributed by atoms with Crippen LogP contribution in [0.15, 0.2) is 37.1 Å². The molecule has 0 saturated heterocycles. The van der Waals surface area contributed by atoms with Crippen LogP contribution >= 0.6 is 0 Å². The van der Waals surface area contributed by atoms with Crippen LogP contribution in [0.5, 0.6) is 5.75 Å². The maximum atomic E-state index is 4.96. The van der Waals surface area contributed by atoms with Crippen molar-refractivity contribution in [1.82, 2.24) is 5.64 Å². The SMILES string of the molecule is C=CONOc1ccc(C)cc1.CC. The molecule has 14 heavy (non-hydrogen) atoms. The molecule has 0 saturated carbocycles. The molecule has 0 atom stereocenters. The highest BCUT2D eigenvalue weighted by atomic mass is 16.9. The van der Waals surface area contributed by atoms with Crippen LogP contribution in [0, 0.1) is 6.92 Å². The van der Waals surface area contributed by atoms with E-state index in [2.05, 4.69) is 17.1 Å². The number of hydrogen-bond acceptors (Lipinski definition) is 3. The molecule has 0 unspecified atom stereocenters. The van der Waals surface area contributed by atoms with Gasteiger partial charge in [-0.2, -0.15) is 0 Å². The first-order valence-corrected chi connectivity index (χ1v) is 4.58. The Kier molecular flexibility index (Phi) is 7.27.